The van der Waals surface area contributed by atoms with Crippen LogP contribution in [0.4, 0.5) is 0 Å². The number of hydrogen-bond donors (Lipinski definition) is 0. The van der Waals surface area contributed by atoms with Crippen LogP contribution in [0.1, 0.15) is 22.3 Å². The molecular weight excluding hydrogens is 691 g/mol. The lowest BCUT2D eigenvalue weighted by Crippen LogP contribution is -2.28. The van der Waals surface area contributed by atoms with E-state index < -0.39 is 5.41 Å². The van der Waals surface area contributed by atoms with Crippen LogP contribution in [0.15, 0.2) is 212 Å². The van der Waals surface area contributed by atoms with Crippen molar-refractivity contribution in [2.75, 3.05) is 0 Å². The molecule has 0 atom stereocenters. The van der Waals surface area contributed by atoms with Gasteiger partial charge in [0.15, 0.2) is 17.5 Å². The third-order valence-electron chi connectivity index (χ3n) is 11.6. The summed E-state index contributed by atoms with van der Waals surface area (Å²) in [6.07, 6.45) is 0. The summed E-state index contributed by atoms with van der Waals surface area (Å²) in [6, 6.07) is 75.8. The van der Waals surface area contributed by atoms with Crippen LogP contribution in [-0.2, 0) is 5.41 Å². The van der Waals surface area contributed by atoms with Crippen molar-refractivity contribution in [2.24, 2.45) is 0 Å². The zero-order chi connectivity index (χ0) is 37.8. The molecule has 3 heteroatoms. The van der Waals surface area contributed by atoms with Crippen LogP contribution in [0.3, 0.4) is 0 Å². The van der Waals surface area contributed by atoms with E-state index in [4.69, 9.17) is 15.0 Å². The molecule has 3 nitrogen and oxygen atoms in total. The van der Waals surface area contributed by atoms with Crippen molar-refractivity contribution in [1.29, 1.82) is 0 Å². The van der Waals surface area contributed by atoms with Gasteiger partial charge in [0.1, 0.15) is 0 Å². The van der Waals surface area contributed by atoms with E-state index in [-0.39, 0.29) is 0 Å². The maximum absolute atomic E-state index is 5.36. The minimum atomic E-state index is -0.479. The molecule has 0 saturated carbocycles. The molecule has 10 aromatic rings. The smallest absolute Gasteiger partial charge is 0.164 e. The van der Waals surface area contributed by atoms with E-state index in [0.717, 1.165) is 33.0 Å². The summed E-state index contributed by atoms with van der Waals surface area (Å²) in [5.41, 5.74) is 12.1. The first-order chi connectivity index (χ1) is 28.3. The highest BCUT2D eigenvalue weighted by molar-refractivity contribution is 6.10. The molecule has 9 aromatic carbocycles. The average Bonchev–Trinajstić information content (AvgIpc) is 3.59. The summed E-state index contributed by atoms with van der Waals surface area (Å²) in [5, 5.41) is 4.67. The molecule has 0 amide bonds. The monoisotopic (exact) mass is 725 g/mol. The third kappa shape index (κ3) is 5.24. The van der Waals surface area contributed by atoms with Gasteiger partial charge in [0.25, 0.3) is 0 Å². The lowest BCUT2D eigenvalue weighted by atomic mass is 9.67. The molecule has 0 spiro atoms. The zero-order valence-corrected chi connectivity index (χ0v) is 31.0. The molecule has 1 aromatic heterocycles. The molecule has 0 radical (unpaired) electrons. The summed E-state index contributed by atoms with van der Waals surface area (Å²) in [5.74, 6) is 1.91. The molecule has 0 N–H and O–H groups in total. The predicted octanol–water partition coefficient (Wildman–Crippen LogP) is 13.2. The molecular formula is C54H35N3. The van der Waals surface area contributed by atoms with Gasteiger partial charge in [-0.15, -0.1) is 0 Å². The van der Waals surface area contributed by atoms with Crippen molar-refractivity contribution in [3.63, 3.8) is 0 Å². The van der Waals surface area contributed by atoms with Gasteiger partial charge in [-0.25, -0.2) is 15.0 Å². The van der Waals surface area contributed by atoms with Crippen LogP contribution in [0.5, 0.6) is 0 Å². The Labute approximate surface area is 331 Å². The normalized spacial score (nSPS) is 12.7. The summed E-state index contributed by atoms with van der Waals surface area (Å²) in [4.78, 5) is 15.8. The lowest BCUT2D eigenvalue weighted by Gasteiger charge is -2.33. The number of benzene rings is 9. The first-order valence-corrected chi connectivity index (χ1v) is 19.4. The van der Waals surface area contributed by atoms with Crippen LogP contribution in [0.2, 0.25) is 0 Å². The fourth-order valence-electron chi connectivity index (χ4n) is 9.14. The Kier molecular flexibility index (Phi) is 7.71. The van der Waals surface area contributed by atoms with Crippen LogP contribution < -0.4 is 0 Å². The predicted molar refractivity (Wildman–Crippen MR) is 234 cm³/mol. The minimum Gasteiger partial charge on any atom is -0.208 e. The van der Waals surface area contributed by atoms with E-state index in [1.807, 2.05) is 18.2 Å². The molecule has 0 aliphatic heterocycles. The van der Waals surface area contributed by atoms with Crippen molar-refractivity contribution in [1.82, 2.24) is 15.0 Å². The molecule has 1 aliphatic carbocycles. The lowest BCUT2D eigenvalue weighted by molar-refractivity contribution is 0.768. The fraction of sp³-hybridized carbons (Fsp3) is 0.0185. The van der Waals surface area contributed by atoms with Gasteiger partial charge in [0.2, 0.25) is 0 Å². The van der Waals surface area contributed by atoms with E-state index in [2.05, 4.69) is 194 Å². The maximum atomic E-state index is 5.36. The summed E-state index contributed by atoms with van der Waals surface area (Å²) >= 11 is 0. The molecule has 0 fully saturated rings. The fourth-order valence-corrected chi connectivity index (χ4v) is 9.14. The van der Waals surface area contributed by atoms with Crippen molar-refractivity contribution in [3.05, 3.63) is 235 Å². The van der Waals surface area contributed by atoms with Gasteiger partial charge in [-0.3, -0.25) is 0 Å². The summed E-state index contributed by atoms with van der Waals surface area (Å²) in [7, 11) is 0. The van der Waals surface area contributed by atoms with Crippen molar-refractivity contribution in [2.45, 2.75) is 5.41 Å². The number of hydrogen-bond acceptors (Lipinski definition) is 3. The molecule has 1 aliphatic rings. The van der Waals surface area contributed by atoms with E-state index in [0.29, 0.717) is 17.5 Å². The van der Waals surface area contributed by atoms with Gasteiger partial charge in [-0.1, -0.05) is 206 Å². The largest absolute Gasteiger partial charge is 0.208 e. The van der Waals surface area contributed by atoms with Gasteiger partial charge in [0, 0.05) is 22.1 Å². The zero-order valence-electron chi connectivity index (χ0n) is 31.0. The Morgan fingerprint density at radius 3 is 1.54 bits per heavy atom. The first-order valence-electron chi connectivity index (χ1n) is 19.4. The SMILES string of the molecule is c1ccc(-c2nc(-c3ccc4c(c3)-c3ccccc3C4(c3ccccc3)c3ccccc3)nc(-c3cccc4cccc(-c5cccc6ccccc56)c34)n2)cc1. The highest BCUT2D eigenvalue weighted by atomic mass is 15.0. The number of aromatic nitrogens is 3. The Morgan fingerprint density at radius 1 is 0.298 bits per heavy atom. The Hall–Kier alpha value is -7.49. The van der Waals surface area contributed by atoms with Crippen LogP contribution in [0.25, 0.3) is 78.0 Å². The quantitative estimate of drug-likeness (QED) is 0.171. The topological polar surface area (TPSA) is 38.7 Å². The van der Waals surface area contributed by atoms with E-state index in [1.54, 1.807) is 0 Å². The second kappa shape index (κ2) is 13.4. The Balaban J connectivity index is 1.15. The van der Waals surface area contributed by atoms with Crippen LogP contribution >= 0.6 is 0 Å². The van der Waals surface area contributed by atoms with Crippen molar-refractivity contribution in [3.8, 4) is 56.4 Å². The van der Waals surface area contributed by atoms with Gasteiger partial charge < -0.3 is 0 Å². The molecule has 0 bridgehead atoms. The molecule has 0 unspecified atom stereocenters. The highest BCUT2D eigenvalue weighted by Gasteiger charge is 2.46. The van der Waals surface area contributed by atoms with Gasteiger partial charge in [-0.05, 0) is 66.7 Å². The Bertz CT molecular complexity index is 3070. The molecule has 1 heterocycles. The molecule has 266 valence electrons. The first kappa shape index (κ1) is 32.9. The second-order valence-corrected chi connectivity index (χ2v) is 14.7. The highest BCUT2D eigenvalue weighted by Crippen LogP contribution is 2.56. The minimum absolute atomic E-state index is 0.479. The van der Waals surface area contributed by atoms with Crippen molar-refractivity contribution >= 4 is 21.5 Å². The van der Waals surface area contributed by atoms with Gasteiger partial charge >= 0.3 is 0 Å². The second-order valence-electron chi connectivity index (χ2n) is 14.7. The van der Waals surface area contributed by atoms with E-state index in [1.165, 1.54) is 49.7 Å². The van der Waals surface area contributed by atoms with E-state index in [9.17, 15) is 0 Å². The molecule has 11 rings (SSSR count). The maximum Gasteiger partial charge on any atom is 0.164 e. The van der Waals surface area contributed by atoms with Gasteiger partial charge in [0.05, 0.1) is 5.41 Å². The van der Waals surface area contributed by atoms with Gasteiger partial charge in [-0.2, -0.15) is 0 Å². The van der Waals surface area contributed by atoms with Crippen molar-refractivity contribution < 1.29 is 0 Å². The summed E-state index contributed by atoms with van der Waals surface area (Å²) < 4.78 is 0. The van der Waals surface area contributed by atoms with Crippen LogP contribution in [-0.4, -0.2) is 15.0 Å². The summed E-state index contributed by atoms with van der Waals surface area (Å²) in [6.45, 7) is 0. The molecule has 0 saturated heterocycles. The van der Waals surface area contributed by atoms with Crippen LogP contribution in [0, 0.1) is 0 Å². The third-order valence-corrected chi connectivity index (χ3v) is 11.6. The Morgan fingerprint density at radius 2 is 0.807 bits per heavy atom. The number of rotatable bonds is 6. The van der Waals surface area contributed by atoms with E-state index >= 15 is 0 Å². The average molecular weight is 726 g/mol. The number of nitrogens with zero attached hydrogens (tertiary/aromatic N) is 3. The standard InChI is InChI=1S/C54H35N3/c1-4-18-38(19-5-1)51-55-52(57-53(56-51)46-31-16-22-37-21-15-30-45(50(37)46)43-29-14-20-36-17-10-11-27-42(36)43)39-33-34-49-47(35-39)44-28-12-13-32-48(44)54(49,40-23-6-2-7-24-40)41-25-8-3-9-26-41/h1-35H. The number of fused-ring (bicyclic) bond motifs is 5. The molecule has 57 heavy (non-hydrogen) atoms.